The summed E-state index contributed by atoms with van der Waals surface area (Å²) in [5.41, 5.74) is 9.18. The second-order valence-electron chi connectivity index (χ2n) is 11.0. The van der Waals surface area contributed by atoms with Gasteiger partial charge in [-0.25, -0.2) is 9.97 Å². The Bertz CT molecular complexity index is 2490. The average molecular weight is 564 g/mol. The Balaban J connectivity index is 1.27. The topological polar surface area (TPSA) is 48.5 Å². The van der Waals surface area contributed by atoms with Crippen LogP contribution in [0.2, 0.25) is 0 Å². The molecule has 0 N–H and O–H groups in total. The van der Waals surface area contributed by atoms with Crippen molar-refractivity contribution in [3.63, 3.8) is 0 Å². The van der Waals surface area contributed by atoms with Crippen molar-refractivity contribution in [1.82, 2.24) is 24.1 Å². The zero-order valence-electron chi connectivity index (χ0n) is 23.7. The van der Waals surface area contributed by atoms with E-state index < -0.39 is 0 Å². The summed E-state index contributed by atoms with van der Waals surface area (Å²) in [4.78, 5) is 14.7. The van der Waals surface area contributed by atoms with Gasteiger partial charge in [-0.2, -0.15) is 0 Å². The molecule has 0 bridgehead atoms. The first-order valence-corrected chi connectivity index (χ1v) is 14.7. The molecule has 0 unspecified atom stereocenters. The van der Waals surface area contributed by atoms with Crippen LogP contribution in [-0.4, -0.2) is 24.1 Å². The van der Waals surface area contributed by atoms with E-state index in [0.29, 0.717) is 5.82 Å². The van der Waals surface area contributed by atoms with E-state index in [1.54, 1.807) is 6.20 Å². The Hall–Kier alpha value is -6.07. The van der Waals surface area contributed by atoms with E-state index in [9.17, 15) is 0 Å². The van der Waals surface area contributed by atoms with Crippen LogP contribution in [0.15, 0.2) is 152 Å². The molecule has 5 aromatic carbocycles. The highest BCUT2D eigenvalue weighted by atomic mass is 15.0. The van der Waals surface area contributed by atoms with Crippen LogP contribution in [0.1, 0.15) is 0 Å². The molecule has 4 aromatic heterocycles. The van der Waals surface area contributed by atoms with E-state index in [2.05, 4.69) is 123 Å². The van der Waals surface area contributed by atoms with Crippen LogP contribution in [0.25, 0.3) is 77.8 Å². The van der Waals surface area contributed by atoms with Crippen molar-refractivity contribution in [2.75, 3.05) is 0 Å². The van der Waals surface area contributed by atoms with Gasteiger partial charge in [0.25, 0.3) is 0 Å². The first-order valence-electron chi connectivity index (χ1n) is 14.7. The molecular weight excluding hydrogens is 538 g/mol. The van der Waals surface area contributed by atoms with E-state index in [1.165, 1.54) is 21.7 Å². The van der Waals surface area contributed by atoms with Crippen LogP contribution < -0.4 is 0 Å². The van der Waals surface area contributed by atoms with Gasteiger partial charge in [-0.3, -0.25) is 4.98 Å². The molecule has 9 rings (SSSR count). The predicted octanol–water partition coefficient (Wildman–Crippen LogP) is 9.40. The molecule has 0 fully saturated rings. The molecule has 0 aliphatic rings. The minimum atomic E-state index is 0.673. The SMILES string of the molecule is c1ccc(-n2ccc3cc4c5ccccc5n(-c5cccc(-c6nc(-c7ccccn7)c7ccccc7n6)c5)c4cc32)cc1. The zero-order chi connectivity index (χ0) is 29.0. The van der Waals surface area contributed by atoms with Gasteiger partial charge in [0.05, 0.1) is 27.8 Å². The standard InChI is InChI=1S/C39H25N5/c1-2-12-28(13-3-1)43-22-20-26-24-32-30-15-5-7-19-35(30)44(37(32)25-36(26)43)29-14-10-11-27(23-29)39-41-33-17-6-4-16-31(33)38(42-39)34-18-8-9-21-40-34/h1-25H. The Morgan fingerprint density at radius 2 is 1.30 bits per heavy atom. The van der Waals surface area contributed by atoms with Gasteiger partial charge in [-0.05, 0) is 66.7 Å². The smallest absolute Gasteiger partial charge is 0.160 e. The Kier molecular flexibility index (Phi) is 5.43. The van der Waals surface area contributed by atoms with Crippen molar-refractivity contribution in [2.45, 2.75) is 0 Å². The minimum absolute atomic E-state index is 0.673. The van der Waals surface area contributed by atoms with E-state index >= 15 is 0 Å². The number of benzene rings is 5. The number of hydrogen-bond donors (Lipinski definition) is 0. The molecule has 0 aliphatic carbocycles. The largest absolute Gasteiger partial charge is 0.316 e. The van der Waals surface area contributed by atoms with Gasteiger partial charge < -0.3 is 9.13 Å². The van der Waals surface area contributed by atoms with Crippen molar-refractivity contribution in [3.05, 3.63) is 152 Å². The third-order valence-electron chi connectivity index (χ3n) is 8.39. The minimum Gasteiger partial charge on any atom is -0.316 e. The molecule has 0 aliphatic heterocycles. The highest BCUT2D eigenvalue weighted by Crippen LogP contribution is 2.37. The quantitative estimate of drug-likeness (QED) is 0.214. The average Bonchev–Trinajstić information content (AvgIpc) is 3.66. The summed E-state index contributed by atoms with van der Waals surface area (Å²) in [5, 5.41) is 4.65. The van der Waals surface area contributed by atoms with Crippen molar-refractivity contribution < 1.29 is 0 Å². The first kappa shape index (κ1) is 24.5. The molecule has 9 aromatic rings. The molecule has 0 radical (unpaired) electrons. The number of rotatable bonds is 4. The third-order valence-corrected chi connectivity index (χ3v) is 8.39. The number of nitrogens with zero attached hydrogens (tertiary/aromatic N) is 5. The van der Waals surface area contributed by atoms with Gasteiger partial charge in [0.1, 0.15) is 5.69 Å². The van der Waals surface area contributed by atoms with Crippen LogP contribution in [0.3, 0.4) is 0 Å². The van der Waals surface area contributed by atoms with Crippen LogP contribution in [-0.2, 0) is 0 Å². The third kappa shape index (κ3) is 3.83. The lowest BCUT2D eigenvalue weighted by atomic mass is 10.1. The second kappa shape index (κ2) is 9.75. The maximum atomic E-state index is 5.08. The lowest BCUT2D eigenvalue weighted by molar-refractivity contribution is 1.12. The molecule has 0 amide bonds. The van der Waals surface area contributed by atoms with Crippen LogP contribution in [0.5, 0.6) is 0 Å². The molecule has 5 heteroatoms. The molecule has 0 saturated carbocycles. The van der Waals surface area contributed by atoms with Crippen LogP contribution in [0, 0.1) is 0 Å². The van der Waals surface area contributed by atoms with Crippen LogP contribution >= 0.6 is 0 Å². The molecule has 4 heterocycles. The van der Waals surface area contributed by atoms with E-state index in [1.807, 2.05) is 36.4 Å². The Morgan fingerprint density at radius 3 is 2.18 bits per heavy atom. The fraction of sp³-hybridized carbons (Fsp3) is 0. The molecule has 0 atom stereocenters. The number of pyridine rings is 1. The summed E-state index contributed by atoms with van der Waals surface area (Å²) < 4.78 is 4.62. The maximum Gasteiger partial charge on any atom is 0.160 e. The number of aromatic nitrogens is 5. The number of fused-ring (bicyclic) bond motifs is 5. The fourth-order valence-corrected chi connectivity index (χ4v) is 6.38. The lowest BCUT2D eigenvalue weighted by Gasteiger charge is -2.12. The number of hydrogen-bond acceptors (Lipinski definition) is 3. The zero-order valence-corrected chi connectivity index (χ0v) is 23.7. The van der Waals surface area contributed by atoms with Gasteiger partial charge in [-0.1, -0.05) is 72.8 Å². The van der Waals surface area contributed by atoms with Gasteiger partial charge >= 0.3 is 0 Å². The fourth-order valence-electron chi connectivity index (χ4n) is 6.38. The van der Waals surface area contributed by atoms with E-state index in [4.69, 9.17) is 9.97 Å². The van der Waals surface area contributed by atoms with Crippen LogP contribution in [0.4, 0.5) is 0 Å². The van der Waals surface area contributed by atoms with Gasteiger partial charge in [0.2, 0.25) is 0 Å². The summed E-state index contributed by atoms with van der Waals surface area (Å²) >= 11 is 0. The first-order chi connectivity index (χ1) is 21.8. The molecule has 44 heavy (non-hydrogen) atoms. The van der Waals surface area contributed by atoms with Crippen molar-refractivity contribution >= 4 is 43.6 Å². The molecular formula is C39H25N5. The Labute approximate surface area is 253 Å². The monoisotopic (exact) mass is 563 g/mol. The summed E-state index contributed by atoms with van der Waals surface area (Å²) in [7, 11) is 0. The summed E-state index contributed by atoms with van der Waals surface area (Å²) in [6.07, 6.45) is 3.96. The molecule has 0 saturated heterocycles. The maximum absolute atomic E-state index is 5.08. The summed E-state index contributed by atoms with van der Waals surface area (Å²) in [6, 6.07) is 48.6. The summed E-state index contributed by atoms with van der Waals surface area (Å²) in [6.45, 7) is 0. The van der Waals surface area contributed by atoms with Crippen molar-refractivity contribution in [3.8, 4) is 34.2 Å². The van der Waals surface area contributed by atoms with Gasteiger partial charge in [0.15, 0.2) is 5.82 Å². The molecule has 0 spiro atoms. The number of para-hydroxylation sites is 3. The van der Waals surface area contributed by atoms with Gasteiger partial charge in [-0.15, -0.1) is 0 Å². The van der Waals surface area contributed by atoms with E-state index in [-0.39, 0.29) is 0 Å². The second-order valence-corrected chi connectivity index (χ2v) is 11.0. The normalized spacial score (nSPS) is 11.6. The van der Waals surface area contributed by atoms with Crippen molar-refractivity contribution in [1.29, 1.82) is 0 Å². The van der Waals surface area contributed by atoms with Gasteiger partial charge in [0, 0.05) is 50.9 Å². The predicted molar refractivity (Wildman–Crippen MR) is 179 cm³/mol. The summed E-state index contributed by atoms with van der Waals surface area (Å²) in [5.74, 6) is 0.673. The molecule has 206 valence electrons. The van der Waals surface area contributed by atoms with E-state index in [0.717, 1.165) is 50.3 Å². The van der Waals surface area contributed by atoms with Crippen molar-refractivity contribution in [2.24, 2.45) is 0 Å². The Morgan fingerprint density at radius 1 is 0.500 bits per heavy atom. The lowest BCUT2D eigenvalue weighted by Crippen LogP contribution is -1.98. The highest BCUT2D eigenvalue weighted by molar-refractivity contribution is 6.13. The molecule has 5 nitrogen and oxygen atoms in total. The highest BCUT2D eigenvalue weighted by Gasteiger charge is 2.17.